The van der Waals surface area contributed by atoms with E-state index in [2.05, 4.69) is 5.32 Å². The summed E-state index contributed by atoms with van der Waals surface area (Å²) in [5, 5.41) is 11.2. The van der Waals surface area contributed by atoms with Crippen molar-refractivity contribution in [2.75, 3.05) is 26.2 Å². The lowest BCUT2D eigenvalue weighted by Gasteiger charge is -2.18. The molecule has 2 N–H and O–H groups in total. The molecule has 1 fully saturated rings. The topological polar surface area (TPSA) is 78.9 Å². The first-order chi connectivity index (χ1) is 12.1. The summed E-state index contributed by atoms with van der Waals surface area (Å²) in [5.41, 5.74) is 0. The monoisotopic (exact) mass is 398 g/mol. The van der Waals surface area contributed by atoms with Gasteiger partial charge in [-0.1, -0.05) is 11.6 Å². The van der Waals surface area contributed by atoms with Gasteiger partial charge in [0.15, 0.2) is 0 Å². The van der Waals surface area contributed by atoms with Gasteiger partial charge in [0.2, 0.25) is 0 Å². The Morgan fingerprint density at radius 1 is 1.35 bits per heavy atom. The summed E-state index contributed by atoms with van der Waals surface area (Å²) >= 11 is 5.52. The second-order valence-electron chi connectivity index (χ2n) is 5.65. The summed E-state index contributed by atoms with van der Waals surface area (Å²) in [6.07, 6.45) is -4.71. The third-order valence-corrected chi connectivity index (χ3v) is 4.19. The molecule has 1 heterocycles. The normalized spacial score (nSPS) is 20.1. The first-order valence-electron chi connectivity index (χ1n) is 7.49. The van der Waals surface area contributed by atoms with Crippen LogP contribution in [0.25, 0.3) is 0 Å². The van der Waals surface area contributed by atoms with Gasteiger partial charge < -0.3 is 20.1 Å². The number of likely N-dealkylation sites (tertiary alicyclic amines) is 1. The maximum atomic E-state index is 13.2. The van der Waals surface area contributed by atoms with Crippen LogP contribution in [0.2, 0.25) is 5.02 Å². The molecule has 26 heavy (non-hydrogen) atoms. The predicted octanol–water partition coefficient (Wildman–Crippen LogP) is 2.76. The van der Waals surface area contributed by atoms with Crippen LogP contribution in [0.1, 0.15) is 0 Å². The number of carbonyl (C=O) groups is 2. The molecule has 0 unspecified atom stereocenters. The van der Waals surface area contributed by atoms with E-state index in [-0.39, 0.29) is 23.9 Å². The van der Waals surface area contributed by atoms with Gasteiger partial charge in [-0.3, -0.25) is 4.79 Å². The zero-order valence-electron chi connectivity index (χ0n) is 13.2. The van der Waals surface area contributed by atoms with E-state index in [0.29, 0.717) is 0 Å². The number of amides is 2. The third kappa shape index (κ3) is 4.90. The van der Waals surface area contributed by atoms with Crippen LogP contribution < -0.4 is 10.1 Å². The highest BCUT2D eigenvalue weighted by Crippen LogP contribution is 2.37. The van der Waals surface area contributed by atoms with Crippen LogP contribution in [0.5, 0.6) is 5.75 Å². The number of hydrogen-bond donors (Lipinski definition) is 2. The third-order valence-electron chi connectivity index (χ3n) is 3.88. The minimum Gasteiger partial charge on any atom is -0.492 e. The van der Waals surface area contributed by atoms with Crippen molar-refractivity contribution >= 4 is 23.6 Å². The Morgan fingerprint density at radius 2 is 2.04 bits per heavy atom. The largest absolute Gasteiger partial charge is 0.492 e. The fourth-order valence-electron chi connectivity index (χ4n) is 2.56. The molecule has 2 amide bonds. The number of ether oxygens (including phenoxy) is 1. The number of benzene rings is 1. The summed E-state index contributed by atoms with van der Waals surface area (Å²) in [6, 6.07) is 2.93. The van der Waals surface area contributed by atoms with Crippen LogP contribution in [0.3, 0.4) is 0 Å². The van der Waals surface area contributed by atoms with Crippen LogP contribution in [0, 0.1) is 17.7 Å². The van der Waals surface area contributed by atoms with Gasteiger partial charge in [0, 0.05) is 19.2 Å². The number of hydrogen-bond acceptors (Lipinski definition) is 3. The van der Waals surface area contributed by atoms with Gasteiger partial charge >= 0.3 is 18.2 Å². The standard InChI is InChI=1S/C15H15ClF4N2O4/c16-11-2-1-8(5-12(11)17)26-4-3-21-14(25)22-6-9(13(23)24)10(7-22)15(18,19)20/h1-2,5,9-10H,3-4,6-7H2,(H,21,25)(H,23,24)/t9-,10-/m1/s1. The van der Waals surface area contributed by atoms with Crippen LogP contribution in [-0.2, 0) is 4.79 Å². The van der Waals surface area contributed by atoms with Gasteiger partial charge in [-0.15, -0.1) is 0 Å². The van der Waals surface area contributed by atoms with E-state index in [1.165, 1.54) is 12.1 Å². The van der Waals surface area contributed by atoms with Gasteiger partial charge in [0.1, 0.15) is 18.2 Å². The van der Waals surface area contributed by atoms with E-state index >= 15 is 0 Å². The van der Waals surface area contributed by atoms with Crippen LogP contribution >= 0.6 is 11.6 Å². The molecule has 11 heteroatoms. The highest BCUT2D eigenvalue weighted by molar-refractivity contribution is 6.30. The molecule has 0 aromatic heterocycles. The van der Waals surface area contributed by atoms with Crippen LogP contribution in [0.4, 0.5) is 22.4 Å². The first-order valence-corrected chi connectivity index (χ1v) is 7.87. The Balaban J connectivity index is 1.82. The van der Waals surface area contributed by atoms with Crippen molar-refractivity contribution in [2.24, 2.45) is 11.8 Å². The molecule has 0 aliphatic carbocycles. The molecule has 0 spiro atoms. The Kier molecular flexibility index (Phi) is 6.17. The lowest BCUT2D eigenvalue weighted by Crippen LogP contribution is -2.41. The average Bonchev–Trinajstić information content (AvgIpc) is 3.00. The van der Waals surface area contributed by atoms with E-state index in [4.69, 9.17) is 21.4 Å². The Hall–Kier alpha value is -2.23. The number of carbonyl (C=O) groups excluding carboxylic acids is 1. The smallest absolute Gasteiger partial charge is 0.394 e. The Morgan fingerprint density at radius 3 is 2.58 bits per heavy atom. The molecule has 2 rings (SSSR count). The van der Waals surface area contributed by atoms with E-state index in [0.717, 1.165) is 11.0 Å². The average molecular weight is 399 g/mol. The second kappa shape index (κ2) is 7.98. The maximum Gasteiger partial charge on any atom is 0.394 e. The van der Waals surface area contributed by atoms with Gasteiger partial charge in [0.05, 0.1) is 23.4 Å². The van der Waals surface area contributed by atoms with E-state index < -0.39 is 48.9 Å². The minimum atomic E-state index is -4.71. The summed E-state index contributed by atoms with van der Waals surface area (Å²) in [4.78, 5) is 23.7. The fraction of sp³-hybridized carbons (Fsp3) is 0.467. The minimum absolute atomic E-state index is 0.0615. The molecule has 0 radical (unpaired) electrons. The van der Waals surface area contributed by atoms with Crippen LogP contribution in [0.15, 0.2) is 18.2 Å². The van der Waals surface area contributed by atoms with Crippen molar-refractivity contribution < 1.29 is 37.0 Å². The molecule has 1 saturated heterocycles. The van der Waals surface area contributed by atoms with Crippen molar-refractivity contribution in [3.05, 3.63) is 29.0 Å². The number of urea groups is 1. The van der Waals surface area contributed by atoms with E-state index in [1.807, 2.05) is 0 Å². The van der Waals surface area contributed by atoms with Crippen molar-refractivity contribution in [3.8, 4) is 5.75 Å². The number of carboxylic acid groups (broad SMARTS) is 1. The Bertz CT molecular complexity index is 686. The second-order valence-corrected chi connectivity index (χ2v) is 6.06. The first kappa shape index (κ1) is 20.1. The SMILES string of the molecule is O=C(O)[C@@H]1CN(C(=O)NCCOc2ccc(Cl)c(F)c2)C[C@H]1C(F)(F)F. The summed E-state index contributed by atoms with van der Waals surface area (Å²) in [5.74, 6) is -5.92. The van der Waals surface area contributed by atoms with Crippen LogP contribution in [-0.4, -0.2) is 54.4 Å². The van der Waals surface area contributed by atoms with Gasteiger partial charge in [-0.25, -0.2) is 9.18 Å². The molecule has 0 bridgehead atoms. The zero-order chi connectivity index (χ0) is 19.5. The highest BCUT2D eigenvalue weighted by atomic mass is 35.5. The molecule has 6 nitrogen and oxygen atoms in total. The highest BCUT2D eigenvalue weighted by Gasteiger charge is 2.53. The van der Waals surface area contributed by atoms with Gasteiger partial charge in [0.25, 0.3) is 0 Å². The molecule has 144 valence electrons. The molecule has 1 aromatic rings. The van der Waals surface area contributed by atoms with Crippen molar-refractivity contribution in [3.63, 3.8) is 0 Å². The Labute approximate surface area is 150 Å². The predicted molar refractivity (Wildman–Crippen MR) is 82.5 cm³/mol. The quantitative estimate of drug-likeness (QED) is 0.590. The summed E-state index contributed by atoms with van der Waals surface area (Å²) in [7, 11) is 0. The number of halogens is 5. The molecule has 1 aliphatic heterocycles. The molecule has 1 aromatic carbocycles. The van der Waals surface area contributed by atoms with Gasteiger partial charge in [-0.2, -0.15) is 13.2 Å². The summed E-state index contributed by atoms with van der Waals surface area (Å²) in [6.45, 7) is -1.39. The zero-order valence-corrected chi connectivity index (χ0v) is 14.0. The molecule has 1 aliphatic rings. The fourth-order valence-corrected chi connectivity index (χ4v) is 2.67. The lowest BCUT2D eigenvalue weighted by atomic mass is 9.96. The molecule has 2 atom stereocenters. The maximum absolute atomic E-state index is 13.2. The van der Waals surface area contributed by atoms with Crippen molar-refractivity contribution in [2.45, 2.75) is 6.18 Å². The number of rotatable bonds is 5. The number of nitrogens with one attached hydrogen (secondary N) is 1. The number of nitrogens with zero attached hydrogens (tertiary/aromatic N) is 1. The van der Waals surface area contributed by atoms with E-state index in [9.17, 15) is 27.2 Å². The number of aliphatic carboxylic acids is 1. The molecular formula is C15H15ClF4N2O4. The van der Waals surface area contributed by atoms with E-state index in [1.54, 1.807) is 0 Å². The summed E-state index contributed by atoms with van der Waals surface area (Å²) < 4.78 is 57.1. The lowest BCUT2D eigenvalue weighted by molar-refractivity contribution is -0.187. The number of carboxylic acids is 1. The number of alkyl halides is 3. The van der Waals surface area contributed by atoms with Crippen molar-refractivity contribution in [1.82, 2.24) is 10.2 Å². The molecule has 0 saturated carbocycles. The molecular weight excluding hydrogens is 384 g/mol. The van der Waals surface area contributed by atoms with Crippen molar-refractivity contribution in [1.29, 1.82) is 0 Å². The van der Waals surface area contributed by atoms with Gasteiger partial charge in [-0.05, 0) is 12.1 Å².